The molecule has 0 saturated heterocycles. The summed E-state index contributed by atoms with van der Waals surface area (Å²) in [5.41, 5.74) is 9.09. The van der Waals surface area contributed by atoms with Gasteiger partial charge < -0.3 is 5.73 Å². The first-order valence-corrected chi connectivity index (χ1v) is 8.16. The molecule has 122 valence electrons. The van der Waals surface area contributed by atoms with Crippen LogP contribution in [0, 0.1) is 0 Å². The molecule has 5 heteroatoms. The molecule has 0 amide bonds. The zero-order chi connectivity index (χ0) is 17.1. The fourth-order valence-corrected chi connectivity index (χ4v) is 2.77. The normalized spacial score (nSPS) is 25.1. The molecule has 0 radical (unpaired) electrons. The number of nitrogens with two attached hydrogens (primary N) is 1. The van der Waals surface area contributed by atoms with E-state index in [1.54, 1.807) is 0 Å². The van der Waals surface area contributed by atoms with E-state index in [0.29, 0.717) is 11.8 Å². The van der Waals surface area contributed by atoms with E-state index < -0.39 is 0 Å². The van der Waals surface area contributed by atoms with Crippen LogP contribution in [0.1, 0.15) is 18.2 Å². The Morgan fingerprint density at radius 1 is 0.800 bits per heavy atom. The van der Waals surface area contributed by atoms with Crippen molar-refractivity contribution in [3.8, 4) is 0 Å². The first kappa shape index (κ1) is 15.2. The minimum absolute atomic E-state index is 0.0722. The number of hydrogen-bond donors (Lipinski definition) is 1. The molecule has 5 nitrogen and oxygen atoms in total. The van der Waals surface area contributed by atoms with Gasteiger partial charge in [-0.05, 0) is 29.7 Å². The van der Waals surface area contributed by atoms with Crippen molar-refractivity contribution in [1.29, 1.82) is 0 Å². The fraction of sp³-hybridized carbons (Fsp3) is 0.100. The molecule has 0 aliphatic heterocycles. The molecule has 0 fully saturated rings. The van der Waals surface area contributed by atoms with E-state index >= 15 is 0 Å². The number of anilines is 1. The fourth-order valence-electron chi connectivity index (χ4n) is 2.77. The number of hydrogen-bond acceptors (Lipinski definition) is 5. The monoisotopic (exact) mass is 327 g/mol. The summed E-state index contributed by atoms with van der Waals surface area (Å²) in [6, 6.07) is 0. The Morgan fingerprint density at radius 2 is 1.56 bits per heavy atom. The highest BCUT2D eigenvalue weighted by molar-refractivity contribution is 6.05. The summed E-state index contributed by atoms with van der Waals surface area (Å²) in [5, 5.41) is 0. The molecule has 0 atom stereocenters. The number of nitrogens with zero attached hydrogens (tertiary/aromatic N) is 4. The van der Waals surface area contributed by atoms with Crippen LogP contribution in [-0.4, -0.2) is 20.7 Å². The van der Waals surface area contributed by atoms with Gasteiger partial charge in [-0.15, -0.1) is 0 Å². The zero-order valence-corrected chi connectivity index (χ0v) is 13.6. The molecule has 1 aromatic heterocycles. The van der Waals surface area contributed by atoms with Crippen molar-refractivity contribution >= 4 is 17.6 Å². The first-order chi connectivity index (χ1) is 12.3. The lowest BCUT2D eigenvalue weighted by molar-refractivity contribution is 0.912. The maximum absolute atomic E-state index is 5.89. The van der Waals surface area contributed by atoms with Crippen molar-refractivity contribution < 1.29 is 0 Å². The molecular formula is C20H17N5. The number of aromatic nitrogens is 3. The van der Waals surface area contributed by atoms with Crippen molar-refractivity contribution in [3.05, 3.63) is 89.9 Å². The van der Waals surface area contributed by atoms with E-state index in [1.807, 2.05) is 54.7 Å². The van der Waals surface area contributed by atoms with Crippen LogP contribution >= 0.6 is 0 Å². The maximum Gasteiger partial charge on any atom is 0.254 e. The molecule has 0 spiro atoms. The van der Waals surface area contributed by atoms with Crippen LogP contribution in [0.4, 0.5) is 11.9 Å². The third-order valence-corrected chi connectivity index (χ3v) is 3.98. The van der Waals surface area contributed by atoms with Crippen molar-refractivity contribution in [2.45, 2.75) is 12.3 Å². The highest BCUT2D eigenvalue weighted by Gasteiger charge is 2.37. The third-order valence-electron chi connectivity index (χ3n) is 3.98. The van der Waals surface area contributed by atoms with Crippen molar-refractivity contribution in [3.63, 3.8) is 0 Å². The molecule has 0 aromatic carbocycles. The minimum Gasteiger partial charge on any atom is -0.368 e. The number of aliphatic imine (C=N–C) groups is 1. The molecule has 0 bridgehead atoms. The highest BCUT2D eigenvalue weighted by atomic mass is 15.2. The van der Waals surface area contributed by atoms with Crippen LogP contribution in [0.15, 0.2) is 89.1 Å². The molecule has 3 aliphatic carbocycles. The Bertz CT molecular complexity index is 913. The standard InChI is InChI=1S/C20H17N5/c21-19-23-18(17-15-12-8-4-5-9-13-16(15)17)24-20(25-19)22-14-10-6-2-1-3-7-11-14/h1-2,4-13,17H,3H2,(H2,21,23,24,25)/b2-1-,5-4?,8-4?,9-5?,10-6?,11-7-,12-8?,13-9?,15-12?,16-13?,22-14?. The summed E-state index contributed by atoms with van der Waals surface area (Å²) in [7, 11) is 0. The second-order valence-electron chi connectivity index (χ2n) is 5.76. The van der Waals surface area contributed by atoms with Gasteiger partial charge in [0.1, 0.15) is 5.82 Å². The molecular weight excluding hydrogens is 310 g/mol. The zero-order valence-electron chi connectivity index (χ0n) is 13.6. The molecule has 25 heavy (non-hydrogen) atoms. The second kappa shape index (κ2) is 6.65. The summed E-state index contributed by atoms with van der Waals surface area (Å²) in [6.07, 6.45) is 25.0. The van der Waals surface area contributed by atoms with Crippen molar-refractivity contribution in [1.82, 2.24) is 15.0 Å². The number of rotatable bonds is 2. The average molecular weight is 327 g/mol. The first-order valence-electron chi connectivity index (χ1n) is 8.16. The summed E-state index contributed by atoms with van der Waals surface area (Å²) >= 11 is 0. The van der Waals surface area contributed by atoms with E-state index in [4.69, 9.17) is 5.73 Å². The van der Waals surface area contributed by atoms with Crippen LogP contribution in [0.25, 0.3) is 0 Å². The lowest BCUT2D eigenvalue weighted by atomic mass is 10.2. The van der Waals surface area contributed by atoms with Gasteiger partial charge in [-0.25, -0.2) is 4.99 Å². The number of nitrogen functional groups attached to an aromatic ring is 1. The quantitative estimate of drug-likeness (QED) is 0.899. The van der Waals surface area contributed by atoms with Gasteiger partial charge in [-0.2, -0.15) is 15.0 Å². The van der Waals surface area contributed by atoms with Crippen LogP contribution in [0.2, 0.25) is 0 Å². The Hall–Kier alpha value is -3.34. The van der Waals surface area contributed by atoms with Gasteiger partial charge >= 0.3 is 0 Å². The van der Waals surface area contributed by atoms with E-state index in [2.05, 4.69) is 38.2 Å². The topological polar surface area (TPSA) is 77.0 Å². The predicted octanol–water partition coefficient (Wildman–Crippen LogP) is 3.67. The van der Waals surface area contributed by atoms with Crippen LogP contribution < -0.4 is 5.73 Å². The molecule has 4 rings (SSSR count). The molecule has 3 aliphatic rings. The lowest BCUT2D eigenvalue weighted by Crippen LogP contribution is -2.03. The predicted molar refractivity (Wildman–Crippen MR) is 101 cm³/mol. The number of allylic oxidation sites excluding steroid dienone is 14. The van der Waals surface area contributed by atoms with E-state index in [-0.39, 0.29) is 11.9 Å². The lowest BCUT2D eigenvalue weighted by Gasteiger charge is -2.03. The average Bonchev–Trinajstić information content (AvgIpc) is 3.20. The van der Waals surface area contributed by atoms with E-state index in [9.17, 15) is 0 Å². The maximum atomic E-state index is 5.89. The van der Waals surface area contributed by atoms with Crippen LogP contribution in [0.5, 0.6) is 0 Å². The van der Waals surface area contributed by atoms with Gasteiger partial charge in [0.05, 0.1) is 11.6 Å². The Labute approximate surface area is 146 Å². The van der Waals surface area contributed by atoms with Gasteiger partial charge in [-0.1, -0.05) is 60.8 Å². The third kappa shape index (κ3) is 3.45. The summed E-state index contributed by atoms with van der Waals surface area (Å²) < 4.78 is 0. The Kier molecular flexibility index (Phi) is 4.04. The van der Waals surface area contributed by atoms with Crippen LogP contribution in [0.3, 0.4) is 0 Å². The molecule has 0 saturated carbocycles. The van der Waals surface area contributed by atoms with Gasteiger partial charge in [0.2, 0.25) is 5.95 Å². The molecule has 1 heterocycles. The second-order valence-corrected chi connectivity index (χ2v) is 5.76. The summed E-state index contributed by atoms with van der Waals surface area (Å²) in [5.74, 6) is 1.24. The van der Waals surface area contributed by atoms with Gasteiger partial charge in [0.25, 0.3) is 5.95 Å². The summed E-state index contributed by atoms with van der Waals surface area (Å²) in [6.45, 7) is 0. The van der Waals surface area contributed by atoms with Gasteiger partial charge in [0, 0.05) is 0 Å². The van der Waals surface area contributed by atoms with E-state index in [0.717, 1.165) is 12.1 Å². The molecule has 1 aromatic rings. The minimum atomic E-state index is 0.0722. The molecule has 0 unspecified atom stereocenters. The SMILES string of the molecule is Nc1nc(N=C2C=C/C=C\C/C=C\2)nc(C2C3=C2C=CC=CC=C3)n1. The molecule has 2 N–H and O–H groups in total. The highest BCUT2D eigenvalue weighted by Crippen LogP contribution is 2.48. The van der Waals surface area contributed by atoms with Gasteiger partial charge in [0.15, 0.2) is 0 Å². The smallest absolute Gasteiger partial charge is 0.254 e. The van der Waals surface area contributed by atoms with Crippen molar-refractivity contribution in [2.75, 3.05) is 5.73 Å². The van der Waals surface area contributed by atoms with Crippen LogP contribution in [-0.2, 0) is 0 Å². The Morgan fingerprint density at radius 3 is 2.36 bits per heavy atom. The largest absolute Gasteiger partial charge is 0.368 e. The Balaban J connectivity index is 1.64. The van der Waals surface area contributed by atoms with Crippen molar-refractivity contribution in [2.24, 2.45) is 4.99 Å². The van der Waals surface area contributed by atoms with Gasteiger partial charge in [-0.3, -0.25) is 0 Å². The van der Waals surface area contributed by atoms with E-state index in [1.165, 1.54) is 11.1 Å². The summed E-state index contributed by atoms with van der Waals surface area (Å²) in [4.78, 5) is 17.5.